The first-order valence-electron chi connectivity index (χ1n) is 12.5. The van der Waals surface area contributed by atoms with Crippen LogP contribution in [-0.2, 0) is 0 Å². The maximum absolute atomic E-state index is 14.2. The summed E-state index contributed by atoms with van der Waals surface area (Å²) in [6.07, 6.45) is 0. The number of hydrogen-bond donors (Lipinski definition) is 2. The van der Waals surface area contributed by atoms with Gasteiger partial charge in [-0.2, -0.15) is 0 Å². The molecule has 194 valence electrons. The van der Waals surface area contributed by atoms with E-state index in [1.165, 1.54) is 17.0 Å². The van der Waals surface area contributed by atoms with Gasteiger partial charge in [-0.3, -0.25) is 9.69 Å². The number of carbonyl (C=O) groups excluding carboxylic acids is 2. The minimum Gasteiger partial charge on any atom is -0.457 e. The van der Waals surface area contributed by atoms with Crippen molar-refractivity contribution in [2.45, 2.75) is 0 Å². The summed E-state index contributed by atoms with van der Waals surface area (Å²) >= 11 is 0. The second-order valence-corrected chi connectivity index (χ2v) is 8.79. The van der Waals surface area contributed by atoms with Gasteiger partial charge in [0.2, 0.25) is 0 Å². The topological polar surface area (TPSA) is 70.7 Å². The van der Waals surface area contributed by atoms with Crippen molar-refractivity contribution >= 4 is 34.1 Å². The van der Waals surface area contributed by atoms with E-state index in [9.17, 15) is 14.0 Å². The van der Waals surface area contributed by atoms with Crippen molar-refractivity contribution in [3.8, 4) is 11.5 Å². The zero-order chi connectivity index (χ0) is 27.0. The molecule has 0 unspecified atom stereocenters. The summed E-state index contributed by atoms with van der Waals surface area (Å²) in [5.41, 5.74) is 1.15. The molecule has 0 spiro atoms. The molecule has 0 saturated heterocycles. The van der Waals surface area contributed by atoms with E-state index in [4.69, 9.17) is 4.74 Å². The van der Waals surface area contributed by atoms with E-state index < -0.39 is 11.8 Å². The minimum atomic E-state index is -0.540. The maximum Gasteiger partial charge on any atom is 0.326 e. The largest absolute Gasteiger partial charge is 0.457 e. The number of anilines is 2. The molecule has 0 aliphatic heterocycles. The Hall–Kier alpha value is -5.17. The third-order valence-electron chi connectivity index (χ3n) is 6.12. The van der Waals surface area contributed by atoms with E-state index in [0.717, 1.165) is 10.8 Å². The lowest BCUT2D eigenvalue weighted by Gasteiger charge is -2.24. The molecule has 0 fully saturated rings. The molecule has 0 aliphatic carbocycles. The van der Waals surface area contributed by atoms with E-state index in [2.05, 4.69) is 10.6 Å². The van der Waals surface area contributed by atoms with Crippen LogP contribution in [0.3, 0.4) is 0 Å². The van der Waals surface area contributed by atoms with Crippen molar-refractivity contribution in [3.05, 3.63) is 133 Å². The van der Waals surface area contributed by atoms with E-state index >= 15 is 0 Å². The number of para-hydroxylation sites is 2. The highest BCUT2D eigenvalue weighted by Gasteiger charge is 2.18. The number of hydrogen-bond acceptors (Lipinski definition) is 3. The Morgan fingerprint density at radius 1 is 0.718 bits per heavy atom. The molecule has 0 atom stereocenters. The standard InChI is InChI=1S/C32H26FN3O3/c33-29-12-6-7-13-30(29)35-32(38)36(26-16-18-28(19-17-26)39-27-10-2-1-3-11-27)21-20-34-31(37)25-15-14-23-8-4-5-9-24(23)22-25/h1-19,22H,20-21H2,(H,34,37)(H,35,38). The Labute approximate surface area is 225 Å². The predicted molar refractivity (Wildman–Crippen MR) is 152 cm³/mol. The van der Waals surface area contributed by atoms with Crippen molar-refractivity contribution in [1.29, 1.82) is 0 Å². The fourth-order valence-electron chi connectivity index (χ4n) is 4.13. The van der Waals surface area contributed by atoms with Gasteiger partial charge < -0.3 is 15.4 Å². The Kier molecular flexibility index (Phi) is 7.79. The van der Waals surface area contributed by atoms with Gasteiger partial charge in [0, 0.05) is 24.3 Å². The maximum atomic E-state index is 14.2. The molecule has 7 heteroatoms. The van der Waals surface area contributed by atoms with Crippen molar-refractivity contribution < 1.29 is 18.7 Å². The van der Waals surface area contributed by atoms with Crippen LogP contribution in [0.5, 0.6) is 11.5 Å². The average molecular weight is 520 g/mol. The second kappa shape index (κ2) is 11.9. The summed E-state index contributed by atoms with van der Waals surface area (Å²) in [6, 6.07) is 35.1. The summed E-state index contributed by atoms with van der Waals surface area (Å²) in [6.45, 7) is 0.330. The predicted octanol–water partition coefficient (Wildman–Crippen LogP) is 7.24. The number of benzene rings is 5. The van der Waals surface area contributed by atoms with E-state index in [-0.39, 0.29) is 24.7 Å². The third kappa shape index (κ3) is 6.40. The quantitative estimate of drug-likeness (QED) is 0.227. The first-order chi connectivity index (χ1) is 19.1. The summed E-state index contributed by atoms with van der Waals surface area (Å²) in [5.74, 6) is 0.503. The molecule has 39 heavy (non-hydrogen) atoms. The Bertz CT molecular complexity index is 1590. The molecule has 3 amide bonds. The van der Waals surface area contributed by atoms with Crippen molar-refractivity contribution in [2.75, 3.05) is 23.3 Å². The van der Waals surface area contributed by atoms with Crippen LogP contribution in [-0.4, -0.2) is 25.0 Å². The normalized spacial score (nSPS) is 10.6. The molecule has 0 aromatic heterocycles. The fourth-order valence-corrected chi connectivity index (χ4v) is 4.13. The summed E-state index contributed by atoms with van der Waals surface area (Å²) in [4.78, 5) is 27.5. The Morgan fingerprint density at radius 3 is 2.15 bits per heavy atom. The monoisotopic (exact) mass is 519 g/mol. The van der Waals surface area contributed by atoms with Gasteiger partial charge >= 0.3 is 6.03 Å². The van der Waals surface area contributed by atoms with Gasteiger partial charge in [0.1, 0.15) is 17.3 Å². The molecular formula is C32H26FN3O3. The highest BCUT2D eigenvalue weighted by Crippen LogP contribution is 2.25. The van der Waals surface area contributed by atoms with Crippen LogP contribution >= 0.6 is 0 Å². The molecule has 0 radical (unpaired) electrons. The minimum absolute atomic E-state index is 0.0664. The van der Waals surface area contributed by atoms with Gasteiger partial charge in [0.15, 0.2) is 0 Å². The SMILES string of the molecule is O=C(NCCN(C(=O)Nc1ccccc1F)c1ccc(Oc2ccccc2)cc1)c1ccc2ccccc2c1. The van der Waals surface area contributed by atoms with Crippen LogP contribution in [0, 0.1) is 5.82 Å². The summed E-state index contributed by atoms with van der Waals surface area (Å²) in [7, 11) is 0. The Balaban J connectivity index is 1.30. The zero-order valence-corrected chi connectivity index (χ0v) is 21.0. The molecule has 5 aromatic rings. The number of rotatable bonds is 8. The fraction of sp³-hybridized carbons (Fsp3) is 0.0625. The van der Waals surface area contributed by atoms with Crippen molar-refractivity contribution in [2.24, 2.45) is 0 Å². The van der Waals surface area contributed by atoms with Gasteiger partial charge in [0.05, 0.1) is 5.69 Å². The Morgan fingerprint density at radius 2 is 1.38 bits per heavy atom. The molecule has 5 rings (SSSR count). The number of nitrogens with one attached hydrogen (secondary N) is 2. The lowest BCUT2D eigenvalue weighted by Crippen LogP contribution is -2.41. The molecular weight excluding hydrogens is 493 g/mol. The molecule has 0 aliphatic rings. The highest BCUT2D eigenvalue weighted by molar-refractivity contribution is 6.02. The number of ether oxygens (including phenoxy) is 1. The highest BCUT2D eigenvalue weighted by atomic mass is 19.1. The lowest BCUT2D eigenvalue weighted by molar-refractivity contribution is 0.0954. The van der Waals surface area contributed by atoms with Crippen LogP contribution in [0.15, 0.2) is 121 Å². The van der Waals surface area contributed by atoms with Crippen LogP contribution < -0.4 is 20.3 Å². The van der Waals surface area contributed by atoms with Gasteiger partial charge in [-0.25, -0.2) is 9.18 Å². The second-order valence-electron chi connectivity index (χ2n) is 8.79. The molecule has 6 nitrogen and oxygen atoms in total. The van der Waals surface area contributed by atoms with E-state index in [1.807, 2.05) is 66.7 Å². The van der Waals surface area contributed by atoms with Gasteiger partial charge in [-0.1, -0.05) is 60.7 Å². The average Bonchev–Trinajstić information content (AvgIpc) is 2.97. The van der Waals surface area contributed by atoms with Crippen LogP contribution in [0.25, 0.3) is 10.8 Å². The van der Waals surface area contributed by atoms with Crippen molar-refractivity contribution in [1.82, 2.24) is 5.32 Å². The van der Waals surface area contributed by atoms with Gasteiger partial charge in [0.25, 0.3) is 5.91 Å². The number of nitrogens with zero attached hydrogens (tertiary/aromatic N) is 1. The molecule has 0 bridgehead atoms. The van der Waals surface area contributed by atoms with Crippen LogP contribution in [0.4, 0.5) is 20.6 Å². The van der Waals surface area contributed by atoms with Gasteiger partial charge in [-0.05, 0) is 71.4 Å². The lowest BCUT2D eigenvalue weighted by atomic mass is 10.1. The van der Waals surface area contributed by atoms with Crippen LogP contribution in [0.1, 0.15) is 10.4 Å². The first-order valence-corrected chi connectivity index (χ1v) is 12.5. The number of fused-ring (bicyclic) bond motifs is 1. The summed E-state index contributed by atoms with van der Waals surface area (Å²) < 4.78 is 20.1. The van der Waals surface area contributed by atoms with Crippen LogP contribution in [0.2, 0.25) is 0 Å². The smallest absolute Gasteiger partial charge is 0.326 e. The van der Waals surface area contributed by atoms with Gasteiger partial charge in [-0.15, -0.1) is 0 Å². The third-order valence-corrected chi connectivity index (χ3v) is 6.12. The zero-order valence-electron chi connectivity index (χ0n) is 21.0. The number of carbonyl (C=O) groups is 2. The number of urea groups is 1. The number of amides is 3. The molecule has 0 heterocycles. The molecule has 0 saturated carbocycles. The van der Waals surface area contributed by atoms with E-state index in [1.54, 1.807) is 42.5 Å². The van der Waals surface area contributed by atoms with Crippen molar-refractivity contribution in [3.63, 3.8) is 0 Å². The molecule has 5 aromatic carbocycles. The summed E-state index contributed by atoms with van der Waals surface area (Å²) in [5, 5.41) is 7.51. The molecule has 2 N–H and O–H groups in total. The first kappa shape index (κ1) is 25.5. The number of halogens is 1. The van der Waals surface area contributed by atoms with E-state index in [0.29, 0.717) is 22.7 Å².